The summed E-state index contributed by atoms with van der Waals surface area (Å²) in [6, 6.07) is 3.89. The lowest BCUT2D eigenvalue weighted by atomic mass is 10.1. The smallest absolute Gasteiger partial charge is 0.303 e. The van der Waals surface area contributed by atoms with E-state index in [-0.39, 0.29) is 30.2 Å². The van der Waals surface area contributed by atoms with Crippen LogP contribution in [0.3, 0.4) is 0 Å². The fourth-order valence-corrected chi connectivity index (χ4v) is 1.55. The highest BCUT2D eigenvalue weighted by atomic mass is 19.1. The molecule has 1 amide bonds. The summed E-state index contributed by atoms with van der Waals surface area (Å²) >= 11 is 0. The van der Waals surface area contributed by atoms with Gasteiger partial charge in [0.1, 0.15) is 0 Å². The van der Waals surface area contributed by atoms with E-state index in [1.807, 2.05) is 0 Å². The molecule has 0 bridgehead atoms. The van der Waals surface area contributed by atoms with Crippen LogP contribution in [0.5, 0.6) is 5.75 Å². The lowest BCUT2D eigenvalue weighted by molar-refractivity contribution is -0.137. The lowest BCUT2D eigenvalue weighted by Gasteiger charge is -2.11. The van der Waals surface area contributed by atoms with E-state index in [1.54, 1.807) is 6.92 Å². The Kier molecular flexibility index (Phi) is 5.29. The first-order chi connectivity index (χ1) is 8.93. The molecule has 0 saturated carbocycles. The number of amides is 1. The van der Waals surface area contributed by atoms with E-state index in [4.69, 9.17) is 9.84 Å². The second-order valence-electron chi connectivity index (χ2n) is 4.26. The van der Waals surface area contributed by atoms with Crippen LogP contribution in [-0.2, 0) is 4.79 Å². The standard InChI is InChI=1S/C13H16FNO4/c1-8(5-12(16)17)7-15-13(18)9-3-4-11(19-2)10(14)6-9/h3-4,6,8H,5,7H2,1-2H3,(H,15,18)(H,16,17). The summed E-state index contributed by atoms with van der Waals surface area (Å²) in [6.45, 7) is 1.93. The Hall–Kier alpha value is -2.11. The van der Waals surface area contributed by atoms with Gasteiger partial charge in [0, 0.05) is 18.5 Å². The molecule has 6 heteroatoms. The number of carbonyl (C=O) groups excluding carboxylic acids is 1. The molecule has 0 spiro atoms. The molecule has 1 aromatic rings. The molecule has 104 valence electrons. The minimum atomic E-state index is -0.919. The Morgan fingerprint density at radius 2 is 2.16 bits per heavy atom. The van der Waals surface area contributed by atoms with Crippen molar-refractivity contribution in [1.82, 2.24) is 5.32 Å². The monoisotopic (exact) mass is 269 g/mol. The first kappa shape index (κ1) is 14.9. The van der Waals surface area contributed by atoms with E-state index in [0.717, 1.165) is 6.07 Å². The number of ether oxygens (including phenoxy) is 1. The van der Waals surface area contributed by atoms with Gasteiger partial charge in [0.2, 0.25) is 0 Å². The van der Waals surface area contributed by atoms with Crippen LogP contribution in [0.4, 0.5) is 4.39 Å². The number of methoxy groups -OCH3 is 1. The molecule has 0 aliphatic rings. The fourth-order valence-electron chi connectivity index (χ4n) is 1.55. The van der Waals surface area contributed by atoms with Gasteiger partial charge in [-0.25, -0.2) is 4.39 Å². The molecule has 1 unspecified atom stereocenters. The van der Waals surface area contributed by atoms with Crippen molar-refractivity contribution in [2.24, 2.45) is 5.92 Å². The molecule has 19 heavy (non-hydrogen) atoms. The summed E-state index contributed by atoms with van der Waals surface area (Å²) in [4.78, 5) is 22.2. The lowest BCUT2D eigenvalue weighted by Crippen LogP contribution is -2.29. The van der Waals surface area contributed by atoms with Gasteiger partial charge in [-0.1, -0.05) is 6.92 Å². The quantitative estimate of drug-likeness (QED) is 0.823. The summed E-state index contributed by atoms with van der Waals surface area (Å²) in [5, 5.41) is 11.1. The molecule has 0 heterocycles. The van der Waals surface area contributed by atoms with Gasteiger partial charge in [-0.2, -0.15) is 0 Å². The zero-order valence-electron chi connectivity index (χ0n) is 10.8. The van der Waals surface area contributed by atoms with Crippen molar-refractivity contribution < 1.29 is 23.8 Å². The van der Waals surface area contributed by atoms with Gasteiger partial charge in [0.05, 0.1) is 7.11 Å². The molecular weight excluding hydrogens is 253 g/mol. The Labute approximate surface area is 110 Å². The van der Waals surface area contributed by atoms with E-state index in [2.05, 4.69) is 5.32 Å². The summed E-state index contributed by atoms with van der Waals surface area (Å²) in [7, 11) is 1.34. The van der Waals surface area contributed by atoms with E-state index in [9.17, 15) is 14.0 Å². The molecule has 0 radical (unpaired) electrons. The maximum absolute atomic E-state index is 13.4. The van der Waals surface area contributed by atoms with Gasteiger partial charge in [-0.3, -0.25) is 9.59 Å². The SMILES string of the molecule is COc1ccc(C(=O)NCC(C)CC(=O)O)cc1F. The number of halogens is 1. The van der Waals surface area contributed by atoms with Gasteiger partial charge in [-0.05, 0) is 24.1 Å². The summed E-state index contributed by atoms with van der Waals surface area (Å²) in [5.41, 5.74) is 0.167. The molecule has 0 saturated heterocycles. The van der Waals surface area contributed by atoms with Crippen LogP contribution in [0, 0.1) is 11.7 Å². The first-order valence-corrected chi connectivity index (χ1v) is 5.77. The summed E-state index contributed by atoms with van der Waals surface area (Å²) in [5.74, 6) is -2.11. The minimum absolute atomic E-state index is 0.0305. The summed E-state index contributed by atoms with van der Waals surface area (Å²) in [6.07, 6.45) is -0.0305. The molecule has 2 N–H and O–H groups in total. The maximum atomic E-state index is 13.4. The molecule has 5 nitrogen and oxygen atoms in total. The molecule has 0 aromatic heterocycles. The first-order valence-electron chi connectivity index (χ1n) is 5.77. The molecule has 0 aliphatic carbocycles. The number of rotatable bonds is 6. The van der Waals surface area contributed by atoms with Crippen molar-refractivity contribution in [3.05, 3.63) is 29.6 Å². The molecule has 1 aromatic carbocycles. The van der Waals surface area contributed by atoms with Crippen molar-refractivity contribution in [3.63, 3.8) is 0 Å². The van der Waals surface area contributed by atoms with Crippen molar-refractivity contribution in [3.8, 4) is 5.75 Å². The highest BCUT2D eigenvalue weighted by Gasteiger charge is 2.12. The van der Waals surface area contributed by atoms with Crippen LogP contribution in [0.25, 0.3) is 0 Å². The Morgan fingerprint density at radius 3 is 2.68 bits per heavy atom. The van der Waals surface area contributed by atoms with Gasteiger partial charge < -0.3 is 15.2 Å². The van der Waals surface area contributed by atoms with Gasteiger partial charge >= 0.3 is 5.97 Å². The third-order valence-electron chi connectivity index (χ3n) is 2.55. The normalized spacial score (nSPS) is 11.7. The van der Waals surface area contributed by atoms with Crippen molar-refractivity contribution >= 4 is 11.9 Å². The fraction of sp³-hybridized carbons (Fsp3) is 0.385. The van der Waals surface area contributed by atoms with Crippen molar-refractivity contribution in [2.75, 3.05) is 13.7 Å². The third kappa shape index (κ3) is 4.57. The predicted octanol–water partition coefficient (Wildman–Crippen LogP) is 1.67. The predicted molar refractivity (Wildman–Crippen MR) is 66.7 cm³/mol. The number of benzene rings is 1. The van der Waals surface area contributed by atoms with Crippen LogP contribution in [0.15, 0.2) is 18.2 Å². The van der Waals surface area contributed by atoms with Crippen molar-refractivity contribution in [2.45, 2.75) is 13.3 Å². The van der Waals surface area contributed by atoms with Gasteiger partial charge in [0.25, 0.3) is 5.91 Å². The molecule has 1 atom stereocenters. The number of hydrogen-bond donors (Lipinski definition) is 2. The van der Waals surface area contributed by atoms with E-state index in [0.29, 0.717) is 0 Å². The second-order valence-corrected chi connectivity index (χ2v) is 4.26. The maximum Gasteiger partial charge on any atom is 0.303 e. The Morgan fingerprint density at radius 1 is 1.47 bits per heavy atom. The topological polar surface area (TPSA) is 75.6 Å². The highest BCUT2D eigenvalue weighted by molar-refractivity contribution is 5.94. The van der Waals surface area contributed by atoms with E-state index in [1.165, 1.54) is 19.2 Å². The third-order valence-corrected chi connectivity index (χ3v) is 2.55. The number of carboxylic acids is 1. The van der Waals surface area contributed by atoms with Crippen LogP contribution < -0.4 is 10.1 Å². The number of hydrogen-bond acceptors (Lipinski definition) is 3. The number of nitrogens with one attached hydrogen (secondary N) is 1. The van der Waals surface area contributed by atoms with Crippen LogP contribution >= 0.6 is 0 Å². The number of carbonyl (C=O) groups is 2. The zero-order chi connectivity index (χ0) is 14.4. The van der Waals surface area contributed by atoms with E-state index < -0.39 is 17.7 Å². The molecule has 0 aliphatic heterocycles. The highest BCUT2D eigenvalue weighted by Crippen LogP contribution is 2.17. The average Bonchev–Trinajstić information content (AvgIpc) is 2.35. The minimum Gasteiger partial charge on any atom is -0.494 e. The Bertz CT molecular complexity index is 476. The average molecular weight is 269 g/mol. The zero-order valence-corrected chi connectivity index (χ0v) is 10.8. The van der Waals surface area contributed by atoms with Crippen LogP contribution in [0.1, 0.15) is 23.7 Å². The molecule has 0 fully saturated rings. The summed E-state index contributed by atoms with van der Waals surface area (Å²) < 4.78 is 18.1. The molecule has 1 rings (SSSR count). The Balaban J connectivity index is 2.59. The second kappa shape index (κ2) is 6.72. The molecular formula is C13H16FNO4. The van der Waals surface area contributed by atoms with Crippen LogP contribution in [0.2, 0.25) is 0 Å². The van der Waals surface area contributed by atoms with E-state index >= 15 is 0 Å². The van der Waals surface area contributed by atoms with Crippen LogP contribution in [-0.4, -0.2) is 30.6 Å². The number of carboxylic acid groups (broad SMARTS) is 1. The van der Waals surface area contributed by atoms with Gasteiger partial charge in [-0.15, -0.1) is 0 Å². The largest absolute Gasteiger partial charge is 0.494 e. The van der Waals surface area contributed by atoms with Crippen molar-refractivity contribution in [1.29, 1.82) is 0 Å². The van der Waals surface area contributed by atoms with Gasteiger partial charge in [0.15, 0.2) is 11.6 Å². The number of aliphatic carboxylic acids is 1.